The van der Waals surface area contributed by atoms with Crippen LogP contribution in [-0.2, 0) is 19.9 Å². The van der Waals surface area contributed by atoms with Crippen LogP contribution in [0.3, 0.4) is 0 Å². The van der Waals surface area contributed by atoms with Crippen molar-refractivity contribution >= 4 is 0 Å². The van der Waals surface area contributed by atoms with Gasteiger partial charge in [0.1, 0.15) is 5.82 Å². The van der Waals surface area contributed by atoms with Gasteiger partial charge in [0.2, 0.25) is 0 Å². The summed E-state index contributed by atoms with van der Waals surface area (Å²) in [7, 11) is 1.81. The monoisotopic (exact) mass is 321 g/mol. The number of hydrogen-bond donors (Lipinski definition) is 0. The fourth-order valence-corrected chi connectivity index (χ4v) is 2.19. The molecule has 2 rings (SSSR count). The molecule has 0 bridgehead atoms. The second kappa shape index (κ2) is 8.50. The quantitative estimate of drug-likeness (QED) is 0.711. The maximum absolute atomic E-state index is 14.3. The number of aromatic nitrogens is 3. The molecule has 23 heavy (non-hydrogen) atoms. The van der Waals surface area contributed by atoms with E-state index < -0.39 is 0 Å². The zero-order chi connectivity index (χ0) is 16.7. The lowest BCUT2D eigenvalue weighted by Crippen LogP contribution is -2.04. The van der Waals surface area contributed by atoms with Gasteiger partial charge in [-0.25, -0.2) is 4.39 Å². The normalized spacial score (nSPS) is 10.8. The van der Waals surface area contributed by atoms with Crippen LogP contribution in [0.5, 0.6) is 11.5 Å². The van der Waals surface area contributed by atoms with Gasteiger partial charge in [-0.2, -0.15) is 0 Å². The van der Waals surface area contributed by atoms with Crippen LogP contribution in [0, 0.1) is 5.82 Å². The second-order valence-electron chi connectivity index (χ2n) is 5.47. The first-order valence-electron chi connectivity index (χ1n) is 8.07. The lowest BCUT2D eigenvalue weighted by atomic mass is 10.1. The number of rotatable bonds is 9. The molecule has 0 unspecified atom stereocenters. The van der Waals surface area contributed by atoms with Crippen molar-refractivity contribution in [2.24, 2.45) is 7.05 Å². The first-order valence-corrected chi connectivity index (χ1v) is 8.07. The van der Waals surface area contributed by atoms with E-state index in [-0.39, 0.29) is 5.82 Å². The van der Waals surface area contributed by atoms with Crippen molar-refractivity contribution in [3.05, 3.63) is 35.4 Å². The summed E-state index contributed by atoms with van der Waals surface area (Å²) in [5.74, 6) is 0.806. The van der Waals surface area contributed by atoms with Crippen LogP contribution >= 0.6 is 0 Å². The molecule has 0 atom stereocenters. The van der Waals surface area contributed by atoms with Crippen LogP contribution in [0.1, 0.15) is 37.9 Å². The fourth-order valence-electron chi connectivity index (χ4n) is 2.19. The molecule has 0 aliphatic rings. The van der Waals surface area contributed by atoms with Crippen molar-refractivity contribution in [2.75, 3.05) is 13.2 Å². The Kier molecular flexibility index (Phi) is 6.38. The standard InChI is InChI=1S/C17H24FN3O2/c1-4-8-22-16-10-13(6-7-14-12-21(3)20-19-14)15(18)11-17(16)23-9-5-2/h10-12H,4-9H2,1-3H3. The van der Waals surface area contributed by atoms with E-state index >= 15 is 0 Å². The summed E-state index contributed by atoms with van der Waals surface area (Å²) in [6.07, 6.45) is 4.77. The highest BCUT2D eigenvalue weighted by Gasteiger charge is 2.13. The summed E-state index contributed by atoms with van der Waals surface area (Å²) in [5.41, 5.74) is 1.44. The van der Waals surface area contributed by atoms with Gasteiger partial charge in [0.05, 0.1) is 18.9 Å². The van der Waals surface area contributed by atoms with Crippen LogP contribution in [-0.4, -0.2) is 28.2 Å². The summed E-state index contributed by atoms with van der Waals surface area (Å²) in [6.45, 7) is 5.17. The maximum atomic E-state index is 14.3. The van der Waals surface area contributed by atoms with Crippen LogP contribution in [0.15, 0.2) is 18.3 Å². The average Bonchev–Trinajstić information content (AvgIpc) is 2.96. The number of benzene rings is 1. The van der Waals surface area contributed by atoms with Crippen LogP contribution in [0.4, 0.5) is 4.39 Å². The molecule has 0 N–H and O–H groups in total. The van der Waals surface area contributed by atoms with Gasteiger partial charge in [-0.1, -0.05) is 19.1 Å². The molecule has 0 spiro atoms. The highest BCUT2D eigenvalue weighted by molar-refractivity contribution is 5.44. The van der Waals surface area contributed by atoms with Crippen LogP contribution in [0.25, 0.3) is 0 Å². The Bertz CT molecular complexity index is 628. The zero-order valence-corrected chi connectivity index (χ0v) is 14.0. The van der Waals surface area contributed by atoms with E-state index in [1.165, 1.54) is 6.07 Å². The molecule has 0 saturated carbocycles. The summed E-state index contributed by atoms with van der Waals surface area (Å²) >= 11 is 0. The first-order chi connectivity index (χ1) is 11.1. The van der Waals surface area contributed by atoms with Gasteiger partial charge in [0, 0.05) is 19.3 Å². The van der Waals surface area contributed by atoms with Crippen LogP contribution in [0.2, 0.25) is 0 Å². The second-order valence-corrected chi connectivity index (χ2v) is 5.47. The van der Waals surface area contributed by atoms with Gasteiger partial charge in [0.15, 0.2) is 11.5 Å². The Morgan fingerprint density at radius 1 is 1.04 bits per heavy atom. The van der Waals surface area contributed by atoms with Gasteiger partial charge in [-0.05, 0) is 37.3 Å². The lowest BCUT2D eigenvalue weighted by molar-refractivity contribution is 0.266. The predicted octanol–water partition coefficient (Wildman–Crippen LogP) is 3.32. The van der Waals surface area contributed by atoms with E-state index in [9.17, 15) is 4.39 Å². The summed E-state index contributed by atoms with van der Waals surface area (Å²) in [5, 5.41) is 7.91. The molecular formula is C17H24FN3O2. The van der Waals surface area contributed by atoms with Crippen LogP contribution < -0.4 is 9.47 Å². The van der Waals surface area contributed by atoms with Gasteiger partial charge >= 0.3 is 0 Å². The molecule has 1 aromatic heterocycles. The Hall–Kier alpha value is -2.11. The van der Waals surface area contributed by atoms with Crippen molar-refractivity contribution in [2.45, 2.75) is 39.5 Å². The molecule has 1 heterocycles. The maximum Gasteiger partial charge on any atom is 0.164 e. The van der Waals surface area contributed by atoms with Crippen molar-refractivity contribution in [3.8, 4) is 11.5 Å². The molecule has 1 aromatic carbocycles. The summed E-state index contributed by atoms with van der Waals surface area (Å²) in [4.78, 5) is 0. The molecule has 0 fully saturated rings. The number of aryl methyl sites for hydroxylation is 3. The van der Waals surface area contributed by atoms with Crippen molar-refractivity contribution in [3.63, 3.8) is 0 Å². The number of halogens is 1. The number of ether oxygens (including phenoxy) is 2. The summed E-state index contributed by atoms with van der Waals surface area (Å²) in [6, 6.07) is 3.17. The Balaban J connectivity index is 2.14. The SMILES string of the molecule is CCCOc1cc(F)c(CCc2cn(C)nn2)cc1OCCC. The third-order valence-electron chi connectivity index (χ3n) is 3.34. The minimum atomic E-state index is -0.274. The molecule has 126 valence electrons. The van der Waals surface area contributed by atoms with E-state index in [0.717, 1.165) is 18.5 Å². The van der Waals surface area contributed by atoms with E-state index in [1.807, 2.05) is 27.1 Å². The number of nitrogens with zero attached hydrogens (tertiary/aromatic N) is 3. The largest absolute Gasteiger partial charge is 0.490 e. The molecule has 0 aliphatic heterocycles. The van der Waals surface area contributed by atoms with Gasteiger partial charge in [-0.3, -0.25) is 4.68 Å². The van der Waals surface area contributed by atoms with Crippen molar-refractivity contribution in [1.29, 1.82) is 0 Å². The molecule has 2 aromatic rings. The first kappa shape index (κ1) is 17.2. The predicted molar refractivity (Wildman–Crippen MR) is 86.4 cm³/mol. The van der Waals surface area contributed by atoms with E-state index in [4.69, 9.17) is 9.47 Å². The number of hydrogen-bond acceptors (Lipinski definition) is 4. The zero-order valence-electron chi connectivity index (χ0n) is 14.0. The smallest absolute Gasteiger partial charge is 0.164 e. The molecule has 0 radical (unpaired) electrons. The molecule has 0 amide bonds. The molecule has 5 nitrogen and oxygen atoms in total. The molecule has 6 heteroatoms. The van der Waals surface area contributed by atoms with E-state index in [1.54, 1.807) is 10.7 Å². The van der Waals surface area contributed by atoms with Crippen molar-refractivity contribution < 1.29 is 13.9 Å². The molecule has 0 saturated heterocycles. The van der Waals surface area contributed by atoms with Gasteiger partial charge in [0.25, 0.3) is 0 Å². The van der Waals surface area contributed by atoms with Gasteiger partial charge in [-0.15, -0.1) is 5.10 Å². The highest BCUT2D eigenvalue weighted by atomic mass is 19.1. The van der Waals surface area contributed by atoms with E-state index in [2.05, 4.69) is 10.3 Å². The fraction of sp³-hybridized carbons (Fsp3) is 0.529. The Labute approximate surface area is 136 Å². The third kappa shape index (κ3) is 4.94. The Morgan fingerprint density at radius 2 is 1.70 bits per heavy atom. The van der Waals surface area contributed by atoms with Gasteiger partial charge < -0.3 is 9.47 Å². The summed E-state index contributed by atoms with van der Waals surface area (Å²) < 4.78 is 27.3. The topological polar surface area (TPSA) is 49.2 Å². The average molecular weight is 321 g/mol. The minimum absolute atomic E-state index is 0.274. The van der Waals surface area contributed by atoms with Crippen molar-refractivity contribution in [1.82, 2.24) is 15.0 Å². The van der Waals surface area contributed by atoms with E-state index in [0.29, 0.717) is 43.1 Å². The Morgan fingerprint density at radius 3 is 2.26 bits per heavy atom. The molecule has 0 aliphatic carbocycles. The molecular weight excluding hydrogens is 297 g/mol. The highest BCUT2D eigenvalue weighted by Crippen LogP contribution is 2.31. The third-order valence-corrected chi connectivity index (χ3v) is 3.34. The lowest BCUT2D eigenvalue weighted by Gasteiger charge is -2.14. The minimum Gasteiger partial charge on any atom is -0.490 e.